The lowest BCUT2D eigenvalue weighted by Gasteiger charge is -2.13. The second-order valence-electron chi connectivity index (χ2n) is 3.14. The highest BCUT2D eigenvalue weighted by Crippen LogP contribution is 2.14. The predicted molar refractivity (Wildman–Crippen MR) is 55.6 cm³/mol. The van der Waals surface area contributed by atoms with Gasteiger partial charge in [-0.1, -0.05) is 0 Å². The van der Waals surface area contributed by atoms with E-state index in [1.54, 1.807) is 13.3 Å². The van der Waals surface area contributed by atoms with Gasteiger partial charge in [0.05, 0.1) is 7.11 Å². The molecule has 2 N–H and O–H groups in total. The molecule has 0 saturated carbocycles. The van der Waals surface area contributed by atoms with Crippen molar-refractivity contribution in [1.29, 1.82) is 0 Å². The summed E-state index contributed by atoms with van der Waals surface area (Å²) in [5, 5.41) is 12.0. The zero-order valence-electron chi connectivity index (χ0n) is 8.53. The van der Waals surface area contributed by atoms with Gasteiger partial charge in [-0.2, -0.15) is 0 Å². The Balaban J connectivity index is 2.57. The third-order valence-electron chi connectivity index (χ3n) is 1.92. The molecular formula is C10H16N2O2. The van der Waals surface area contributed by atoms with Crippen LogP contribution in [0.3, 0.4) is 0 Å². The molecule has 0 radical (unpaired) electrons. The van der Waals surface area contributed by atoms with Crippen LogP contribution in [-0.4, -0.2) is 29.8 Å². The van der Waals surface area contributed by atoms with Crippen LogP contribution in [0.15, 0.2) is 18.3 Å². The van der Waals surface area contributed by atoms with E-state index in [1.807, 2.05) is 19.1 Å². The van der Waals surface area contributed by atoms with E-state index in [1.165, 1.54) is 0 Å². The first-order chi connectivity index (χ1) is 6.76. The van der Waals surface area contributed by atoms with Crippen molar-refractivity contribution in [2.75, 3.05) is 19.0 Å². The number of hydrogen-bond acceptors (Lipinski definition) is 4. The minimum atomic E-state index is 0.191. The first-order valence-electron chi connectivity index (χ1n) is 4.63. The number of rotatable bonds is 5. The number of methoxy groups -OCH3 is 1. The summed E-state index contributed by atoms with van der Waals surface area (Å²) in [4.78, 5) is 4.00. The summed E-state index contributed by atoms with van der Waals surface area (Å²) in [6, 6.07) is 3.94. The average Bonchev–Trinajstić information content (AvgIpc) is 2.18. The number of nitrogens with one attached hydrogen (secondary N) is 1. The molecule has 0 spiro atoms. The Labute approximate surface area is 83.9 Å². The van der Waals surface area contributed by atoms with Crippen molar-refractivity contribution >= 4 is 5.69 Å². The highest BCUT2D eigenvalue weighted by molar-refractivity contribution is 5.45. The van der Waals surface area contributed by atoms with E-state index in [-0.39, 0.29) is 12.6 Å². The largest absolute Gasteiger partial charge is 0.481 e. The molecule has 0 aliphatic carbocycles. The molecule has 0 aliphatic rings. The number of aromatic nitrogens is 1. The number of pyridine rings is 1. The van der Waals surface area contributed by atoms with E-state index >= 15 is 0 Å². The van der Waals surface area contributed by atoms with Crippen molar-refractivity contribution in [1.82, 2.24) is 4.98 Å². The van der Waals surface area contributed by atoms with E-state index in [4.69, 9.17) is 9.84 Å². The summed E-state index contributed by atoms with van der Waals surface area (Å²) in [6.45, 7) is 2.21. The molecule has 1 atom stereocenters. The monoisotopic (exact) mass is 196 g/mol. The zero-order chi connectivity index (χ0) is 10.4. The lowest BCUT2D eigenvalue weighted by atomic mass is 10.2. The smallest absolute Gasteiger partial charge is 0.214 e. The van der Waals surface area contributed by atoms with E-state index < -0.39 is 0 Å². The van der Waals surface area contributed by atoms with Gasteiger partial charge < -0.3 is 15.2 Å². The van der Waals surface area contributed by atoms with Crippen LogP contribution in [0.25, 0.3) is 0 Å². The minimum Gasteiger partial charge on any atom is -0.481 e. The van der Waals surface area contributed by atoms with E-state index in [0.29, 0.717) is 5.88 Å². The molecule has 1 aromatic heterocycles. The van der Waals surface area contributed by atoms with Gasteiger partial charge in [0.25, 0.3) is 0 Å². The van der Waals surface area contributed by atoms with Crippen molar-refractivity contribution in [3.63, 3.8) is 0 Å². The molecule has 0 bridgehead atoms. The second-order valence-corrected chi connectivity index (χ2v) is 3.14. The Bertz CT molecular complexity index is 279. The minimum absolute atomic E-state index is 0.191. The molecule has 0 aliphatic heterocycles. The van der Waals surface area contributed by atoms with Crippen molar-refractivity contribution in [3.05, 3.63) is 18.3 Å². The fourth-order valence-electron chi connectivity index (χ4n) is 1.16. The van der Waals surface area contributed by atoms with Crippen LogP contribution in [0.1, 0.15) is 13.3 Å². The SMILES string of the molecule is COc1cc(NC(C)CCO)ccn1. The maximum absolute atomic E-state index is 8.74. The van der Waals surface area contributed by atoms with Gasteiger partial charge >= 0.3 is 0 Å². The number of aliphatic hydroxyl groups excluding tert-OH is 1. The lowest BCUT2D eigenvalue weighted by Crippen LogP contribution is -2.16. The first-order valence-corrected chi connectivity index (χ1v) is 4.63. The molecule has 78 valence electrons. The van der Waals surface area contributed by atoms with Crippen LogP contribution in [0.4, 0.5) is 5.69 Å². The van der Waals surface area contributed by atoms with Crippen molar-refractivity contribution < 1.29 is 9.84 Å². The molecule has 1 unspecified atom stereocenters. The topological polar surface area (TPSA) is 54.4 Å². The van der Waals surface area contributed by atoms with E-state index in [9.17, 15) is 0 Å². The summed E-state index contributed by atoms with van der Waals surface area (Å²) in [6.07, 6.45) is 2.41. The van der Waals surface area contributed by atoms with Gasteiger partial charge in [-0.25, -0.2) is 4.98 Å². The van der Waals surface area contributed by atoms with Crippen LogP contribution in [0, 0.1) is 0 Å². The third kappa shape index (κ3) is 3.22. The molecule has 1 heterocycles. The molecule has 0 amide bonds. The summed E-state index contributed by atoms with van der Waals surface area (Å²) < 4.78 is 5.00. The maximum atomic E-state index is 8.74. The van der Waals surface area contributed by atoms with Gasteiger partial charge in [0.1, 0.15) is 0 Å². The fourth-order valence-corrected chi connectivity index (χ4v) is 1.16. The quantitative estimate of drug-likeness (QED) is 0.744. The average molecular weight is 196 g/mol. The number of ether oxygens (including phenoxy) is 1. The zero-order valence-corrected chi connectivity index (χ0v) is 8.53. The van der Waals surface area contributed by atoms with Gasteiger partial charge in [0, 0.05) is 30.6 Å². The Morgan fingerprint density at radius 2 is 2.43 bits per heavy atom. The van der Waals surface area contributed by atoms with Crippen LogP contribution >= 0.6 is 0 Å². The lowest BCUT2D eigenvalue weighted by molar-refractivity contribution is 0.282. The molecule has 4 nitrogen and oxygen atoms in total. The van der Waals surface area contributed by atoms with Gasteiger partial charge in [0.2, 0.25) is 5.88 Å². The predicted octanol–water partition coefficient (Wildman–Crippen LogP) is 1.27. The normalized spacial score (nSPS) is 12.2. The summed E-state index contributed by atoms with van der Waals surface area (Å²) in [5.41, 5.74) is 0.956. The standard InChI is InChI=1S/C10H16N2O2/c1-8(4-6-13)12-9-3-5-11-10(7-9)14-2/h3,5,7-8,13H,4,6H2,1-2H3,(H,11,12). The molecule has 0 aromatic carbocycles. The van der Waals surface area contributed by atoms with Crippen molar-refractivity contribution in [2.24, 2.45) is 0 Å². The Morgan fingerprint density at radius 3 is 3.07 bits per heavy atom. The van der Waals surface area contributed by atoms with Gasteiger partial charge in [-0.3, -0.25) is 0 Å². The Morgan fingerprint density at radius 1 is 1.64 bits per heavy atom. The summed E-state index contributed by atoms with van der Waals surface area (Å²) in [7, 11) is 1.59. The van der Waals surface area contributed by atoms with Crippen LogP contribution < -0.4 is 10.1 Å². The van der Waals surface area contributed by atoms with Crippen LogP contribution in [0.5, 0.6) is 5.88 Å². The maximum Gasteiger partial charge on any atom is 0.214 e. The Hall–Kier alpha value is -1.29. The third-order valence-corrected chi connectivity index (χ3v) is 1.92. The fraction of sp³-hybridized carbons (Fsp3) is 0.500. The Kier molecular flexibility index (Phi) is 4.19. The van der Waals surface area contributed by atoms with E-state index in [2.05, 4.69) is 10.3 Å². The summed E-state index contributed by atoms with van der Waals surface area (Å²) in [5.74, 6) is 0.589. The number of nitrogens with zero attached hydrogens (tertiary/aromatic N) is 1. The van der Waals surface area contributed by atoms with Crippen molar-refractivity contribution in [2.45, 2.75) is 19.4 Å². The highest BCUT2D eigenvalue weighted by atomic mass is 16.5. The molecule has 0 saturated heterocycles. The number of anilines is 1. The molecule has 1 aromatic rings. The first kappa shape index (κ1) is 10.8. The second kappa shape index (κ2) is 5.44. The van der Waals surface area contributed by atoms with Gasteiger partial charge in [0.15, 0.2) is 0 Å². The molecule has 0 fully saturated rings. The molecule has 4 heteroatoms. The molecular weight excluding hydrogens is 180 g/mol. The van der Waals surface area contributed by atoms with Crippen LogP contribution in [-0.2, 0) is 0 Å². The molecule has 14 heavy (non-hydrogen) atoms. The number of hydrogen-bond donors (Lipinski definition) is 2. The highest BCUT2D eigenvalue weighted by Gasteiger charge is 2.01. The van der Waals surface area contributed by atoms with Crippen LogP contribution in [0.2, 0.25) is 0 Å². The molecule has 1 rings (SSSR count). The van der Waals surface area contributed by atoms with Gasteiger partial charge in [-0.15, -0.1) is 0 Å². The van der Waals surface area contributed by atoms with Gasteiger partial charge in [-0.05, 0) is 19.4 Å². The summed E-state index contributed by atoms with van der Waals surface area (Å²) >= 11 is 0. The van der Waals surface area contributed by atoms with E-state index in [0.717, 1.165) is 12.1 Å². The number of aliphatic hydroxyl groups is 1. The van der Waals surface area contributed by atoms with Crippen molar-refractivity contribution in [3.8, 4) is 5.88 Å².